The lowest BCUT2D eigenvalue weighted by Gasteiger charge is -2.46. The van der Waals surface area contributed by atoms with E-state index in [1.807, 2.05) is 13.8 Å². The minimum atomic E-state index is -3.97. The predicted molar refractivity (Wildman–Crippen MR) is 113 cm³/mol. The first-order valence-corrected chi connectivity index (χ1v) is 11.7. The normalized spacial score (nSPS) is 17.6. The van der Waals surface area contributed by atoms with Crippen molar-refractivity contribution in [3.63, 3.8) is 0 Å². The fourth-order valence-electron chi connectivity index (χ4n) is 3.36. The zero-order valence-electron chi connectivity index (χ0n) is 19.3. The molecule has 0 aliphatic carbocycles. The van der Waals surface area contributed by atoms with Crippen molar-refractivity contribution in [3.05, 3.63) is 0 Å². The van der Waals surface area contributed by atoms with Gasteiger partial charge >= 0.3 is 0 Å². The Kier molecular flexibility index (Phi) is 9.49. The molecule has 0 aliphatic heterocycles. The summed E-state index contributed by atoms with van der Waals surface area (Å²) >= 11 is 0. The highest BCUT2D eigenvalue weighted by Crippen LogP contribution is 2.42. The van der Waals surface area contributed by atoms with E-state index in [9.17, 15) is 8.42 Å². The van der Waals surface area contributed by atoms with Crippen LogP contribution in [0.2, 0.25) is 0 Å². The van der Waals surface area contributed by atoms with Gasteiger partial charge < -0.3 is 9.47 Å². The summed E-state index contributed by atoms with van der Waals surface area (Å²) in [6.07, 6.45) is 3.13. The molecule has 0 fully saturated rings. The van der Waals surface area contributed by atoms with Gasteiger partial charge in [-0.15, -0.1) is 0 Å². The Balaban J connectivity index is 4.84. The van der Waals surface area contributed by atoms with E-state index in [4.69, 9.17) is 14.0 Å². The van der Waals surface area contributed by atoms with Crippen LogP contribution in [0, 0.1) is 10.8 Å². The first-order chi connectivity index (χ1) is 11.8. The second kappa shape index (κ2) is 9.55. The summed E-state index contributed by atoms with van der Waals surface area (Å²) < 4.78 is 43.4. The van der Waals surface area contributed by atoms with Crippen LogP contribution >= 0.6 is 0 Å². The third-order valence-electron chi connectivity index (χ3n) is 5.65. The van der Waals surface area contributed by atoms with Gasteiger partial charge in [0.25, 0.3) is 10.1 Å². The van der Waals surface area contributed by atoms with Gasteiger partial charge in [0.05, 0.1) is 23.1 Å². The lowest BCUT2D eigenvalue weighted by molar-refractivity contribution is -0.161. The molecule has 0 rings (SSSR count). The first kappa shape index (κ1) is 26.8. The van der Waals surface area contributed by atoms with Crippen molar-refractivity contribution in [1.82, 2.24) is 0 Å². The minimum Gasteiger partial charge on any atom is -0.376 e. The molecule has 2 unspecified atom stereocenters. The molecule has 0 aromatic rings. The Morgan fingerprint density at radius 2 is 1.48 bits per heavy atom. The maximum Gasteiger partial charge on any atom is 0.264 e. The molecule has 0 aromatic carbocycles. The van der Waals surface area contributed by atoms with E-state index in [0.717, 1.165) is 19.3 Å². The molecule has 0 radical (unpaired) electrons. The van der Waals surface area contributed by atoms with Gasteiger partial charge in [0.1, 0.15) is 0 Å². The Hall–Kier alpha value is -0.170. The van der Waals surface area contributed by atoms with Crippen LogP contribution in [0.15, 0.2) is 0 Å². The fourth-order valence-corrected chi connectivity index (χ4v) is 4.11. The van der Waals surface area contributed by atoms with Crippen molar-refractivity contribution < 1.29 is 22.4 Å². The number of rotatable bonds is 12. The molecule has 0 bridgehead atoms. The smallest absolute Gasteiger partial charge is 0.264 e. The summed E-state index contributed by atoms with van der Waals surface area (Å²) in [5.74, 6) is -0.288. The summed E-state index contributed by atoms with van der Waals surface area (Å²) in [5, 5.41) is 0. The summed E-state index contributed by atoms with van der Waals surface area (Å²) in [4.78, 5) is 0. The third-order valence-corrected chi connectivity index (χ3v) is 6.37. The molecule has 0 aliphatic rings. The summed E-state index contributed by atoms with van der Waals surface area (Å²) in [7, 11) is -3.97. The molecular formula is C21H44O5S. The molecular weight excluding hydrogens is 364 g/mol. The van der Waals surface area contributed by atoms with E-state index in [1.165, 1.54) is 0 Å². The van der Waals surface area contributed by atoms with Gasteiger partial charge in [0, 0.05) is 6.61 Å². The van der Waals surface area contributed by atoms with Crippen molar-refractivity contribution in [1.29, 1.82) is 0 Å². The fraction of sp³-hybridized carbons (Fsp3) is 1.00. The van der Waals surface area contributed by atoms with Crippen molar-refractivity contribution in [2.75, 3.05) is 12.4 Å². The summed E-state index contributed by atoms with van der Waals surface area (Å²) in [6, 6.07) is 0. The van der Waals surface area contributed by atoms with Crippen molar-refractivity contribution in [2.45, 2.75) is 112 Å². The molecule has 2 atom stereocenters. The summed E-state index contributed by atoms with van der Waals surface area (Å²) in [5.41, 5.74) is -0.764. The Bertz CT molecular complexity index is 545. The summed E-state index contributed by atoms with van der Waals surface area (Å²) in [6.45, 7) is 21.8. The van der Waals surface area contributed by atoms with Gasteiger partial charge in [-0.25, -0.2) is 0 Å². The van der Waals surface area contributed by atoms with Crippen LogP contribution in [-0.4, -0.2) is 42.6 Å². The third kappa shape index (κ3) is 10.8. The first-order valence-electron chi connectivity index (χ1n) is 10.1. The minimum absolute atomic E-state index is 0.104. The van der Waals surface area contributed by atoms with Crippen molar-refractivity contribution in [3.8, 4) is 0 Å². The Morgan fingerprint density at radius 1 is 0.963 bits per heavy atom. The van der Waals surface area contributed by atoms with Crippen LogP contribution in [0.3, 0.4) is 0 Å². The Labute approximate surface area is 168 Å². The average Bonchev–Trinajstić information content (AvgIpc) is 2.41. The number of hydrogen-bond donors (Lipinski definition) is 1. The van der Waals surface area contributed by atoms with Gasteiger partial charge in [0.15, 0.2) is 0 Å². The largest absolute Gasteiger partial charge is 0.376 e. The zero-order chi connectivity index (χ0) is 21.7. The molecule has 27 heavy (non-hydrogen) atoms. The van der Waals surface area contributed by atoms with Crippen LogP contribution in [0.25, 0.3) is 0 Å². The second-order valence-electron chi connectivity index (χ2n) is 10.6. The van der Waals surface area contributed by atoms with E-state index in [2.05, 4.69) is 55.4 Å². The van der Waals surface area contributed by atoms with Crippen LogP contribution in [0.5, 0.6) is 0 Å². The van der Waals surface area contributed by atoms with Gasteiger partial charge in [-0.1, -0.05) is 41.5 Å². The maximum atomic E-state index is 11.0. The van der Waals surface area contributed by atoms with Crippen LogP contribution in [0.4, 0.5) is 0 Å². The van der Waals surface area contributed by atoms with E-state index < -0.39 is 15.7 Å². The average molecular weight is 409 g/mol. The van der Waals surface area contributed by atoms with Crippen LogP contribution in [0.1, 0.15) is 94.9 Å². The lowest BCUT2D eigenvalue weighted by Crippen LogP contribution is -2.47. The van der Waals surface area contributed by atoms with Crippen LogP contribution < -0.4 is 0 Å². The number of hydrogen-bond acceptors (Lipinski definition) is 4. The van der Waals surface area contributed by atoms with Gasteiger partial charge in [-0.3, -0.25) is 4.55 Å². The van der Waals surface area contributed by atoms with E-state index >= 15 is 0 Å². The SMILES string of the molecule is CCC(C)(OC(C)CC(C)(C)C)C(C)(C)CCOC(C)(C)CCS(=O)(=O)O. The highest BCUT2D eigenvalue weighted by molar-refractivity contribution is 7.85. The van der Waals surface area contributed by atoms with Gasteiger partial charge in [0.2, 0.25) is 0 Å². The van der Waals surface area contributed by atoms with Crippen LogP contribution in [-0.2, 0) is 19.6 Å². The standard InChI is InChI=1S/C21H44O5S/c1-11-21(10,26-17(2)16-18(3,4)5)19(6,7)12-14-25-20(8,9)13-15-27(22,23)24/h17H,11-16H2,1-10H3,(H,22,23,24). The topological polar surface area (TPSA) is 72.8 Å². The molecule has 5 nitrogen and oxygen atoms in total. The van der Waals surface area contributed by atoms with Gasteiger partial charge in [-0.05, 0) is 64.2 Å². The van der Waals surface area contributed by atoms with Crippen molar-refractivity contribution in [2.24, 2.45) is 10.8 Å². The molecule has 0 heterocycles. The highest BCUT2D eigenvalue weighted by Gasteiger charge is 2.42. The lowest BCUT2D eigenvalue weighted by atomic mass is 9.71. The number of ether oxygens (including phenoxy) is 2. The Morgan fingerprint density at radius 3 is 1.89 bits per heavy atom. The maximum absolute atomic E-state index is 11.0. The zero-order valence-corrected chi connectivity index (χ0v) is 20.1. The van der Waals surface area contributed by atoms with E-state index in [0.29, 0.717) is 6.61 Å². The van der Waals surface area contributed by atoms with Crippen molar-refractivity contribution >= 4 is 10.1 Å². The molecule has 0 spiro atoms. The molecule has 0 saturated carbocycles. The monoisotopic (exact) mass is 408 g/mol. The van der Waals surface area contributed by atoms with E-state index in [-0.39, 0.29) is 34.7 Å². The molecule has 0 aromatic heterocycles. The predicted octanol–water partition coefficient (Wildman–Crippen LogP) is 5.49. The molecule has 1 N–H and O–H groups in total. The quantitative estimate of drug-likeness (QED) is 0.432. The molecule has 0 saturated heterocycles. The van der Waals surface area contributed by atoms with E-state index in [1.54, 1.807) is 0 Å². The second-order valence-corrected chi connectivity index (χ2v) is 12.1. The molecule has 164 valence electrons. The highest BCUT2D eigenvalue weighted by atomic mass is 32.2. The molecule has 6 heteroatoms. The van der Waals surface area contributed by atoms with Gasteiger partial charge in [-0.2, -0.15) is 8.42 Å². The molecule has 0 amide bonds.